The molecule has 23 heavy (non-hydrogen) atoms. The van der Waals surface area contributed by atoms with Crippen LogP contribution in [0.15, 0.2) is 35.7 Å². The van der Waals surface area contributed by atoms with Gasteiger partial charge in [-0.2, -0.15) is 0 Å². The number of thiazole rings is 1. The maximum absolute atomic E-state index is 12.3. The van der Waals surface area contributed by atoms with Gasteiger partial charge < -0.3 is 4.90 Å². The van der Waals surface area contributed by atoms with Gasteiger partial charge in [0, 0.05) is 24.9 Å². The van der Waals surface area contributed by atoms with Crippen molar-refractivity contribution in [3.05, 3.63) is 52.0 Å². The molecule has 2 aromatic rings. The first kappa shape index (κ1) is 16.2. The molecule has 3 rings (SSSR count). The third-order valence-corrected chi connectivity index (χ3v) is 5.42. The van der Waals surface area contributed by atoms with Crippen molar-refractivity contribution in [3.8, 4) is 0 Å². The van der Waals surface area contributed by atoms with Gasteiger partial charge in [0.15, 0.2) is 0 Å². The first-order chi connectivity index (χ1) is 11.2. The molecule has 0 spiro atoms. The highest BCUT2D eigenvalue weighted by atomic mass is 32.1. The molecule has 0 unspecified atom stereocenters. The number of hydrogen-bond acceptors (Lipinski definition) is 3. The summed E-state index contributed by atoms with van der Waals surface area (Å²) in [6.45, 7) is 3.83. The maximum atomic E-state index is 12.3. The number of rotatable bonds is 5. The molecular formula is C19H24N2OS. The lowest BCUT2D eigenvalue weighted by molar-refractivity contribution is -0.132. The number of carbonyl (C=O) groups is 1. The van der Waals surface area contributed by atoms with Crippen molar-refractivity contribution in [2.75, 3.05) is 13.1 Å². The van der Waals surface area contributed by atoms with Crippen molar-refractivity contribution in [2.45, 2.75) is 39.0 Å². The minimum atomic E-state index is 0.286. The number of nitrogens with zero attached hydrogens (tertiary/aromatic N) is 2. The minimum absolute atomic E-state index is 0.286. The number of aromatic nitrogens is 1. The molecule has 0 atom stereocenters. The van der Waals surface area contributed by atoms with Gasteiger partial charge in [-0.05, 0) is 44.1 Å². The molecule has 1 aliphatic heterocycles. The Bertz CT molecular complexity index is 630. The molecule has 0 bridgehead atoms. The van der Waals surface area contributed by atoms with E-state index in [4.69, 9.17) is 0 Å². The molecule has 1 fully saturated rings. The summed E-state index contributed by atoms with van der Waals surface area (Å²) in [5.41, 5.74) is 2.47. The summed E-state index contributed by atoms with van der Waals surface area (Å²) in [5.74, 6) is 0.997. The van der Waals surface area contributed by atoms with Crippen molar-refractivity contribution in [2.24, 2.45) is 5.92 Å². The largest absolute Gasteiger partial charge is 0.343 e. The normalized spacial score (nSPS) is 15.8. The zero-order valence-corrected chi connectivity index (χ0v) is 14.5. The van der Waals surface area contributed by atoms with Crippen LogP contribution in [0.4, 0.5) is 0 Å². The van der Waals surface area contributed by atoms with E-state index >= 15 is 0 Å². The lowest BCUT2D eigenvalue weighted by Gasteiger charge is -2.32. The number of carbonyl (C=O) groups excluding carboxylic acids is 1. The Balaban J connectivity index is 1.42. The van der Waals surface area contributed by atoms with E-state index in [9.17, 15) is 4.79 Å². The van der Waals surface area contributed by atoms with Crippen molar-refractivity contribution in [1.82, 2.24) is 9.88 Å². The third-order valence-electron chi connectivity index (χ3n) is 4.60. The van der Waals surface area contributed by atoms with E-state index < -0.39 is 0 Å². The molecule has 1 aliphatic rings. The molecule has 1 saturated heterocycles. The topological polar surface area (TPSA) is 33.2 Å². The Morgan fingerprint density at radius 2 is 2.00 bits per heavy atom. The van der Waals surface area contributed by atoms with Crippen LogP contribution in [-0.2, 0) is 17.6 Å². The van der Waals surface area contributed by atoms with Gasteiger partial charge in [0.1, 0.15) is 0 Å². The third kappa shape index (κ3) is 4.64. The molecule has 4 heteroatoms. The molecule has 0 aliphatic carbocycles. The molecule has 2 heterocycles. The zero-order chi connectivity index (χ0) is 16.1. The average molecular weight is 328 g/mol. The summed E-state index contributed by atoms with van der Waals surface area (Å²) in [7, 11) is 0. The monoisotopic (exact) mass is 328 g/mol. The van der Waals surface area contributed by atoms with Crippen LogP contribution >= 0.6 is 11.3 Å². The van der Waals surface area contributed by atoms with Crippen molar-refractivity contribution in [1.29, 1.82) is 0 Å². The summed E-state index contributed by atoms with van der Waals surface area (Å²) >= 11 is 1.66. The summed E-state index contributed by atoms with van der Waals surface area (Å²) < 4.78 is 0. The lowest BCUT2D eigenvalue weighted by Crippen LogP contribution is -2.39. The fourth-order valence-corrected chi connectivity index (χ4v) is 3.90. The molecular weight excluding hydrogens is 304 g/mol. The SMILES string of the molecule is Cc1nc(CCC(=O)N2CCC(Cc3ccccc3)CC2)cs1. The highest BCUT2D eigenvalue weighted by Gasteiger charge is 2.22. The van der Waals surface area contributed by atoms with Gasteiger partial charge in [-0.15, -0.1) is 11.3 Å². The van der Waals surface area contributed by atoms with Gasteiger partial charge >= 0.3 is 0 Å². The second-order valence-electron chi connectivity index (χ2n) is 6.37. The number of amides is 1. The average Bonchev–Trinajstić information content (AvgIpc) is 3.00. The number of benzene rings is 1. The van der Waals surface area contributed by atoms with Gasteiger partial charge in [-0.25, -0.2) is 4.98 Å². The molecule has 0 radical (unpaired) electrons. The second kappa shape index (κ2) is 7.73. The number of likely N-dealkylation sites (tertiary alicyclic amines) is 1. The zero-order valence-electron chi connectivity index (χ0n) is 13.7. The smallest absolute Gasteiger partial charge is 0.222 e. The Hall–Kier alpha value is -1.68. The highest BCUT2D eigenvalue weighted by molar-refractivity contribution is 7.09. The predicted octanol–water partition coefficient (Wildman–Crippen LogP) is 3.87. The van der Waals surface area contributed by atoms with Gasteiger partial charge in [0.25, 0.3) is 0 Å². The summed E-state index contributed by atoms with van der Waals surface area (Å²) in [4.78, 5) is 18.8. The Morgan fingerprint density at radius 3 is 2.65 bits per heavy atom. The van der Waals surface area contributed by atoms with Crippen LogP contribution in [0.5, 0.6) is 0 Å². The van der Waals surface area contributed by atoms with Crippen LogP contribution in [0, 0.1) is 12.8 Å². The van der Waals surface area contributed by atoms with Gasteiger partial charge in [0.2, 0.25) is 5.91 Å². The van der Waals surface area contributed by atoms with Gasteiger partial charge in [0.05, 0.1) is 10.7 Å². The fourth-order valence-electron chi connectivity index (χ4n) is 3.25. The van der Waals surface area contributed by atoms with E-state index in [0.29, 0.717) is 12.3 Å². The number of aryl methyl sites for hydroxylation is 2. The summed E-state index contributed by atoms with van der Waals surface area (Å²) in [5, 5.41) is 3.14. The van der Waals surface area contributed by atoms with Crippen molar-refractivity contribution < 1.29 is 4.79 Å². The van der Waals surface area contributed by atoms with Crippen molar-refractivity contribution in [3.63, 3.8) is 0 Å². The van der Waals surface area contributed by atoms with E-state index in [1.165, 1.54) is 5.56 Å². The molecule has 3 nitrogen and oxygen atoms in total. The molecule has 1 aromatic carbocycles. The molecule has 0 N–H and O–H groups in total. The predicted molar refractivity (Wildman–Crippen MR) is 94.6 cm³/mol. The number of piperidine rings is 1. The Morgan fingerprint density at radius 1 is 1.26 bits per heavy atom. The molecule has 122 valence electrons. The van der Waals surface area contributed by atoms with E-state index in [1.54, 1.807) is 11.3 Å². The highest BCUT2D eigenvalue weighted by Crippen LogP contribution is 2.22. The minimum Gasteiger partial charge on any atom is -0.343 e. The standard InChI is InChI=1S/C19H24N2OS/c1-15-20-18(14-23-15)7-8-19(22)21-11-9-17(10-12-21)13-16-5-3-2-4-6-16/h2-6,14,17H,7-13H2,1H3. The van der Waals surface area contributed by atoms with E-state index in [-0.39, 0.29) is 5.91 Å². The maximum Gasteiger partial charge on any atom is 0.222 e. The van der Waals surface area contributed by atoms with Crippen LogP contribution in [0.2, 0.25) is 0 Å². The van der Waals surface area contributed by atoms with Gasteiger partial charge in [-0.3, -0.25) is 4.79 Å². The molecule has 0 saturated carbocycles. The van der Waals surface area contributed by atoms with Crippen LogP contribution in [0.1, 0.15) is 35.5 Å². The second-order valence-corrected chi connectivity index (χ2v) is 7.43. The first-order valence-corrected chi connectivity index (χ1v) is 9.31. The van der Waals surface area contributed by atoms with Crippen LogP contribution in [0.3, 0.4) is 0 Å². The quantitative estimate of drug-likeness (QED) is 0.835. The number of hydrogen-bond donors (Lipinski definition) is 0. The van der Waals surface area contributed by atoms with E-state index in [0.717, 1.165) is 49.5 Å². The first-order valence-electron chi connectivity index (χ1n) is 8.43. The summed E-state index contributed by atoms with van der Waals surface area (Å²) in [6.07, 6.45) is 4.74. The van der Waals surface area contributed by atoms with E-state index in [2.05, 4.69) is 40.7 Å². The summed E-state index contributed by atoms with van der Waals surface area (Å²) in [6, 6.07) is 10.7. The Kier molecular flexibility index (Phi) is 5.44. The Labute approximate surface area is 142 Å². The lowest BCUT2D eigenvalue weighted by atomic mass is 9.90. The van der Waals surface area contributed by atoms with Crippen molar-refractivity contribution >= 4 is 17.2 Å². The van der Waals surface area contributed by atoms with Gasteiger partial charge in [-0.1, -0.05) is 30.3 Å². The van der Waals surface area contributed by atoms with E-state index in [1.807, 2.05) is 11.8 Å². The van der Waals surface area contributed by atoms with Crippen LogP contribution < -0.4 is 0 Å². The molecule has 1 amide bonds. The fraction of sp³-hybridized carbons (Fsp3) is 0.474. The van der Waals surface area contributed by atoms with Crippen LogP contribution in [-0.4, -0.2) is 28.9 Å². The molecule has 1 aromatic heterocycles. The van der Waals surface area contributed by atoms with Crippen LogP contribution in [0.25, 0.3) is 0 Å².